The summed E-state index contributed by atoms with van der Waals surface area (Å²) in [6, 6.07) is 10.2. The van der Waals surface area contributed by atoms with Gasteiger partial charge in [-0.05, 0) is 50.2 Å². The number of anilines is 1. The molecule has 0 aliphatic carbocycles. The van der Waals surface area contributed by atoms with Crippen LogP contribution >= 0.6 is 0 Å². The van der Waals surface area contributed by atoms with E-state index < -0.39 is 0 Å². The van der Waals surface area contributed by atoms with Crippen LogP contribution in [-0.4, -0.2) is 78.1 Å². The summed E-state index contributed by atoms with van der Waals surface area (Å²) in [6.45, 7) is 9.86. The van der Waals surface area contributed by atoms with E-state index in [0.717, 1.165) is 51.9 Å². The lowest BCUT2D eigenvalue weighted by Gasteiger charge is -2.40. The third kappa shape index (κ3) is 6.24. The van der Waals surface area contributed by atoms with E-state index in [1.807, 2.05) is 43.9 Å². The molecule has 2 saturated heterocycles. The van der Waals surface area contributed by atoms with Gasteiger partial charge in [0.15, 0.2) is 5.82 Å². The summed E-state index contributed by atoms with van der Waals surface area (Å²) >= 11 is 0. The number of aromatic nitrogens is 2. The highest BCUT2D eigenvalue weighted by Crippen LogP contribution is 2.48. The van der Waals surface area contributed by atoms with Gasteiger partial charge in [0.2, 0.25) is 17.7 Å². The first-order valence-corrected chi connectivity index (χ1v) is 13.1. The third-order valence-electron chi connectivity index (χ3n) is 7.60. The molecule has 9 nitrogen and oxygen atoms in total. The molecule has 1 aromatic carbocycles. The average molecular weight is 497 g/mol. The van der Waals surface area contributed by atoms with Gasteiger partial charge in [0, 0.05) is 51.4 Å². The van der Waals surface area contributed by atoms with Crippen LogP contribution in [0.5, 0.6) is 0 Å². The van der Waals surface area contributed by atoms with Crippen LogP contribution in [0.25, 0.3) is 0 Å². The fraction of sp³-hybridized carbons (Fsp3) is 0.630. The molecule has 1 spiro atoms. The summed E-state index contributed by atoms with van der Waals surface area (Å²) in [5, 5.41) is 7.09. The highest BCUT2D eigenvalue weighted by molar-refractivity contribution is 5.78. The molecule has 1 atom stereocenters. The Hall–Kier alpha value is -2.94. The molecule has 0 bridgehead atoms. The summed E-state index contributed by atoms with van der Waals surface area (Å²) in [5.41, 5.74) is 1.23. The van der Waals surface area contributed by atoms with Gasteiger partial charge in [0.1, 0.15) is 0 Å². The van der Waals surface area contributed by atoms with Crippen molar-refractivity contribution in [3.63, 3.8) is 0 Å². The van der Waals surface area contributed by atoms with Gasteiger partial charge < -0.3 is 19.6 Å². The van der Waals surface area contributed by atoms with Crippen molar-refractivity contribution in [2.45, 2.75) is 52.5 Å². The minimum atomic E-state index is -0.0754. The van der Waals surface area contributed by atoms with Crippen LogP contribution in [0, 0.1) is 18.3 Å². The van der Waals surface area contributed by atoms with Crippen molar-refractivity contribution >= 4 is 17.5 Å². The number of para-hydroxylation sites is 1. The Kier molecular flexibility index (Phi) is 8.28. The molecule has 0 saturated carbocycles. The van der Waals surface area contributed by atoms with Crippen molar-refractivity contribution in [3.8, 4) is 0 Å². The Morgan fingerprint density at radius 3 is 2.58 bits per heavy atom. The maximum Gasteiger partial charge on any atom is 0.244 e. The maximum atomic E-state index is 12.9. The standard InChI is InChI=1S/C27H40N6O3/c1-20(2)26(35)32-15-11-27(12-16-32)17-23(25-29-21(3)30-36-25)33(19-27)18-24(34)28-13-8-14-31(4)22-9-6-5-7-10-22/h5-7,9-10,20,23H,8,11-19H2,1-4H3,(H,28,34). The molecular weight excluding hydrogens is 456 g/mol. The molecule has 1 N–H and O–H groups in total. The zero-order valence-corrected chi connectivity index (χ0v) is 22.1. The van der Waals surface area contributed by atoms with Crippen molar-refractivity contribution in [1.29, 1.82) is 0 Å². The van der Waals surface area contributed by atoms with Gasteiger partial charge in [-0.1, -0.05) is 37.2 Å². The topological polar surface area (TPSA) is 94.8 Å². The summed E-state index contributed by atoms with van der Waals surface area (Å²) < 4.78 is 5.55. The van der Waals surface area contributed by atoms with E-state index in [1.165, 1.54) is 5.69 Å². The number of amides is 2. The number of carbonyl (C=O) groups is 2. The second-order valence-corrected chi connectivity index (χ2v) is 10.7. The molecule has 0 radical (unpaired) electrons. The number of carbonyl (C=O) groups excluding carboxylic acids is 2. The van der Waals surface area contributed by atoms with Gasteiger partial charge in [-0.3, -0.25) is 14.5 Å². The normalized spacial score (nSPS) is 19.7. The first kappa shape index (κ1) is 26.1. The Morgan fingerprint density at radius 1 is 1.22 bits per heavy atom. The average Bonchev–Trinajstić information content (AvgIpc) is 3.45. The lowest BCUT2D eigenvalue weighted by Crippen LogP contribution is -2.46. The highest BCUT2D eigenvalue weighted by Gasteiger charge is 2.48. The van der Waals surface area contributed by atoms with Crippen LogP contribution in [0.15, 0.2) is 34.9 Å². The molecule has 1 aromatic heterocycles. The van der Waals surface area contributed by atoms with Gasteiger partial charge >= 0.3 is 0 Å². The number of piperidine rings is 1. The van der Waals surface area contributed by atoms with Gasteiger partial charge in [-0.2, -0.15) is 4.98 Å². The lowest BCUT2D eigenvalue weighted by atomic mass is 9.76. The second kappa shape index (κ2) is 11.4. The van der Waals surface area contributed by atoms with Crippen LogP contribution in [-0.2, 0) is 9.59 Å². The van der Waals surface area contributed by atoms with Crippen LogP contribution in [0.2, 0.25) is 0 Å². The van der Waals surface area contributed by atoms with Gasteiger partial charge in [0.05, 0.1) is 12.6 Å². The summed E-state index contributed by atoms with van der Waals surface area (Å²) in [7, 11) is 2.07. The Bertz CT molecular complexity index is 1020. The molecule has 9 heteroatoms. The molecule has 2 amide bonds. The predicted octanol–water partition coefficient (Wildman–Crippen LogP) is 3.03. The molecule has 2 aliphatic rings. The molecule has 2 aromatic rings. The molecule has 2 fully saturated rings. The van der Waals surface area contributed by atoms with Gasteiger partial charge in [-0.25, -0.2) is 0 Å². The quantitative estimate of drug-likeness (QED) is 0.533. The molecule has 3 heterocycles. The minimum Gasteiger partial charge on any atom is -0.375 e. The van der Waals surface area contributed by atoms with Crippen molar-refractivity contribution in [2.24, 2.45) is 11.3 Å². The zero-order valence-electron chi connectivity index (χ0n) is 22.1. The first-order valence-electron chi connectivity index (χ1n) is 13.1. The summed E-state index contributed by atoms with van der Waals surface area (Å²) in [4.78, 5) is 36.2. The second-order valence-electron chi connectivity index (χ2n) is 10.7. The summed E-state index contributed by atoms with van der Waals surface area (Å²) in [5.74, 6) is 1.45. The summed E-state index contributed by atoms with van der Waals surface area (Å²) in [6.07, 6.45) is 3.60. The molecule has 196 valence electrons. The maximum absolute atomic E-state index is 12.9. The van der Waals surface area contributed by atoms with Crippen LogP contribution in [0.1, 0.15) is 57.3 Å². The van der Waals surface area contributed by atoms with E-state index in [0.29, 0.717) is 24.8 Å². The van der Waals surface area contributed by atoms with E-state index in [-0.39, 0.29) is 29.2 Å². The highest BCUT2D eigenvalue weighted by atomic mass is 16.5. The molecule has 1 unspecified atom stereocenters. The number of hydrogen-bond donors (Lipinski definition) is 1. The number of nitrogens with one attached hydrogen (secondary N) is 1. The van der Waals surface area contributed by atoms with Crippen molar-refractivity contribution in [1.82, 2.24) is 25.3 Å². The van der Waals surface area contributed by atoms with E-state index in [1.54, 1.807) is 0 Å². The van der Waals surface area contributed by atoms with Crippen LogP contribution in [0.4, 0.5) is 5.69 Å². The minimum absolute atomic E-state index is 0.0167. The largest absolute Gasteiger partial charge is 0.375 e. The van der Waals surface area contributed by atoms with Crippen molar-refractivity contribution in [3.05, 3.63) is 42.0 Å². The number of likely N-dealkylation sites (tertiary alicyclic amines) is 2. The fourth-order valence-corrected chi connectivity index (χ4v) is 5.53. The number of aryl methyl sites for hydroxylation is 1. The van der Waals surface area contributed by atoms with E-state index in [4.69, 9.17) is 4.52 Å². The fourth-order valence-electron chi connectivity index (χ4n) is 5.53. The van der Waals surface area contributed by atoms with Crippen LogP contribution < -0.4 is 10.2 Å². The Labute approximate surface area is 214 Å². The number of nitrogens with zero attached hydrogens (tertiary/aromatic N) is 5. The zero-order chi connectivity index (χ0) is 25.7. The van der Waals surface area contributed by atoms with E-state index in [9.17, 15) is 9.59 Å². The van der Waals surface area contributed by atoms with Crippen LogP contribution in [0.3, 0.4) is 0 Å². The smallest absolute Gasteiger partial charge is 0.244 e. The number of benzene rings is 1. The van der Waals surface area contributed by atoms with Gasteiger partial charge in [-0.15, -0.1) is 0 Å². The number of rotatable bonds is 9. The third-order valence-corrected chi connectivity index (χ3v) is 7.60. The molecule has 4 rings (SSSR count). The van der Waals surface area contributed by atoms with E-state index >= 15 is 0 Å². The lowest BCUT2D eigenvalue weighted by molar-refractivity contribution is -0.136. The molecule has 2 aliphatic heterocycles. The molecular formula is C27H40N6O3. The van der Waals surface area contributed by atoms with Crippen molar-refractivity contribution < 1.29 is 14.1 Å². The number of hydrogen-bond acceptors (Lipinski definition) is 7. The predicted molar refractivity (Wildman–Crippen MR) is 138 cm³/mol. The first-order chi connectivity index (χ1) is 17.3. The van der Waals surface area contributed by atoms with E-state index in [2.05, 4.69) is 44.4 Å². The Balaban J connectivity index is 1.32. The van der Waals surface area contributed by atoms with Crippen molar-refractivity contribution in [2.75, 3.05) is 51.2 Å². The molecule has 36 heavy (non-hydrogen) atoms. The Morgan fingerprint density at radius 2 is 1.94 bits per heavy atom. The monoisotopic (exact) mass is 496 g/mol. The SMILES string of the molecule is Cc1noc(C2CC3(CCN(C(=O)C(C)C)CC3)CN2CC(=O)NCCCN(C)c2ccccc2)n1. The van der Waals surface area contributed by atoms with Gasteiger partial charge in [0.25, 0.3) is 0 Å².